The third-order valence-corrected chi connectivity index (χ3v) is 2.58. The minimum atomic E-state index is -0.225. The van der Waals surface area contributed by atoms with Crippen molar-refractivity contribution in [2.24, 2.45) is 10.4 Å². The summed E-state index contributed by atoms with van der Waals surface area (Å²) in [6.07, 6.45) is 0. The van der Waals surface area contributed by atoms with Gasteiger partial charge in [-0.3, -0.25) is 14.7 Å². The predicted octanol–water partition coefficient (Wildman–Crippen LogP) is 2.46. The number of rotatable bonds is 0. The molecule has 1 amide bonds. The third kappa shape index (κ3) is 2.21. The van der Waals surface area contributed by atoms with Crippen LogP contribution in [0.25, 0.3) is 0 Å². The van der Waals surface area contributed by atoms with Crippen LogP contribution in [0.1, 0.15) is 48.5 Å². The zero-order valence-electron chi connectivity index (χ0n) is 10.9. The summed E-state index contributed by atoms with van der Waals surface area (Å²) in [6.45, 7) is 14.2. The molecule has 1 atom stereocenters. The lowest BCUT2D eigenvalue weighted by atomic mass is 9.86. The first-order valence-electron chi connectivity index (χ1n) is 5.43. The minimum absolute atomic E-state index is 0.0989. The molecule has 15 heavy (non-hydrogen) atoms. The van der Waals surface area contributed by atoms with Crippen molar-refractivity contribution in [3.05, 3.63) is 0 Å². The van der Waals surface area contributed by atoms with E-state index in [4.69, 9.17) is 0 Å². The SMILES string of the molecule is CC1=NC(C(C)(C)C)C(=O)N1C(C)(C)C. The summed E-state index contributed by atoms with van der Waals surface area (Å²) in [5.74, 6) is 0.972. The average Bonchev–Trinajstić information content (AvgIpc) is 2.22. The molecule has 0 aliphatic carbocycles. The molecule has 1 unspecified atom stereocenters. The zero-order chi connectivity index (χ0) is 12.0. The quantitative estimate of drug-likeness (QED) is 0.604. The lowest BCUT2D eigenvalue weighted by Crippen LogP contribution is -2.49. The second-order valence-corrected chi connectivity index (χ2v) is 6.29. The standard InChI is InChI=1S/C12H22N2O/c1-8-13-9(11(2,3)4)10(15)14(8)12(5,6)7/h9H,1-7H3. The van der Waals surface area contributed by atoms with E-state index in [1.165, 1.54) is 0 Å². The highest BCUT2D eigenvalue weighted by Gasteiger charge is 2.43. The van der Waals surface area contributed by atoms with Crippen LogP contribution in [0.15, 0.2) is 4.99 Å². The van der Waals surface area contributed by atoms with E-state index in [-0.39, 0.29) is 22.9 Å². The monoisotopic (exact) mass is 210 g/mol. The Hall–Kier alpha value is -0.860. The van der Waals surface area contributed by atoms with Crippen molar-refractivity contribution in [1.82, 2.24) is 4.90 Å². The van der Waals surface area contributed by atoms with E-state index in [0.29, 0.717) is 0 Å². The van der Waals surface area contributed by atoms with Crippen LogP contribution in [-0.2, 0) is 4.79 Å². The number of aliphatic imine (C=N–C) groups is 1. The van der Waals surface area contributed by atoms with Crippen molar-refractivity contribution >= 4 is 11.7 Å². The van der Waals surface area contributed by atoms with Crippen molar-refractivity contribution in [1.29, 1.82) is 0 Å². The van der Waals surface area contributed by atoms with E-state index in [1.54, 1.807) is 0 Å². The second-order valence-electron chi connectivity index (χ2n) is 6.29. The molecule has 1 heterocycles. The van der Waals surface area contributed by atoms with Gasteiger partial charge in [-0.2, -0.15) is 0 Å². The van der Waals surface area contributed by atoms with Gasteiger partial charge in [0, 0.05) is 5.54 Å². The van der Waals surface area contributed by atoms with Crippen LogP contribution < -0.4 is 0 Å². The Morgan fingerprint density at radius 3 is 1.80 bits per heavy atom. The molecule has 0 aromatic rings. The average molecular weight is 210 g/mol. The Bertz CT molecular complexity index is 305. The summed E-state index contributed by atoms with van der Waals surface area (Å²) >= 11 is 0. The molecule has 3 nitrogen and oxygen atoms in total. The lowest BCUT2D eigenvalue weighted by Gasteiger charge is -2.33. The van der Waals surface area contributed by atoms with Gasteiger partial charge >= 0.3 is 0 Å². The first kappa shape index (κ1) is 12.2. The molecular formula is C12H22N2O. The van der Waals surface area contributed by atoms with Gasteiger partial charge in [-0.05, 0) is 33.1 Å². The molecule has 1 rings (SSSR count). The Morgan fingerprint density at radius 1 is 1.13 bits per heavy atom. The number of amides is 1. The van der Waals surface area contributed by atoms with Gasteiger partial charge < -0.3 is 0 Å². The fourth-order valence-corrected chi connectivity index (χ4v) is 1.96. The molecule has 0 fully saturated rings. The van der Waals surface area contributed by atoms with Crippen molar-refractivity contribution in [2.45, 2.75) is 60.0 Å². The number of carbonyl (C=O) groups excluding carboxylic acids is 1. The molecule has 0 aromatic heterocycles. The fourth-order valence-electron chi connectivity index (χ4n) is 1.96. The number of amidine groups is 1. The Morgan fingerprint density at radius 2 is 1.60 bits per heavy atom. The lowest BCUT2D eigenvalue weighted by molar-refractivity contribution is -0.132. The summed E-state index contributed by atoms with van der Waals surface area (Å²) in [5, 5.41) is 0. The van der Waals surface area contributed by atoms with Crippen molar-refractivity contribution in [2.75, 3.05) is 0 Å². The van der Waals surface area contributed by atoms with Gasteiger partial charge in [0.2, 0.25) is 0 Å². The summed E-state index contributed by atoms with van der Waals surface area (Å²) in [5.41, 5.74) is -0.275. The maximum Gasteiger partial charge on any atom is 0.253 e. The van der Waals surface area contributed by atoms with Gasteiger partial charge in [0.15, 0.2) is 0 Å². The molecule has 3 heteroatoms. The topological polar surface area (TPSA) is 32.7 Å². The highest BCUT2D eigenvalue weighted by Crippen LogP contribution is 2.31. The smallest absolute Gasteiger partial charge is 0.253 e. The van der Waals surface area contributed by atoms with E-state index in [1.807, 2.05) is 32.6 Å². The summed E-state index contributed by atoms with van der Waals surface area (Å²) in [6, 6.07) is -0.225. The van der Waals surface area contributed by atoms with E-state index in [2.05, 4.69) is 25.8 Å². The molecule has 0 bridgehead atoms. The molecule has 0 saturated carbocycles. The van der Waals surface area contributed by atoms with Gasteiger partial charge in [-0.25, -0.2) is 0 Å². The third-order valence-electron chi connectivity index (χ3n) is 2.58. The number of nitrogens with zero attached hydrogens (tertiary/aromatic N) is 2. The zero-order valence-corrected chi connectivity index (χ0v) is 10.9. The van der Waals surface area contributed by atoms with Gasteiger partial charge in [-0.15, -0.1) is 0 Å². The largest absolute Gasteiger partial charge is 0.294 e. The highest BCUT2D eigenvalue weighted by molar-refractivity contribution is 6.05. The summed E-state index contributed by atoms with van der Waals surface area (Å²) < 4.78 is 0. The van der Waals surface area contributed by atoms with Gasteiger partial charge in [0.1, 0.15) is 11.9 Å². The van der Waals surface area contributed by atoms with E-state index in [0.717, 1.165) is 5.84 Å². The Balaban J connectivity index is 3.04. The highest BCUT2D eigenvalue weighted by atomic mass is 16.2. The van der Waals surface area contributed by atoms with Crippen LogP contribution in [0.5, 0.6) is 0 Å². The van der Waals surface area contributed by atoms with Crippen LogP contribution >= 0.6 is 0 Å². The van der Waals surface area contributed by atoms with Crippen molar-refractivity contribution in [3.63, 3.8) is 0 Å². The number of hydrogen-bond donors (Lipinski definition) is 0. The molecule has 0 aromatic carbocycles. The van der Waals surface area contributed by atoms with Crippen LogP contribution in [0.4, 0.5) is 0 Å². The molecule has 1 aliphatic heterocycles. The number of carbonyl (C=O) groups is 1. The summed E-state index contributed by atoms with van der Waals surface area (Å²) in [4.78, 5) is 18.5. The molecule has 0 radical (unpaired) electrons. The van der Waals surface area contributed by atoms with Gasteiger partial charge in [0.05, 0.1) is 0 Å². The predicted molar refractivity (Wildman–Crippen MR) is 63.0 cm³/mol. The second kappa shape index (κ2) is 3.32. The van der Waals surface area contributed by atoms with E-state index < -0.39 is 0 Å². The Kier molecular flexibility index (Phi) is 2.71. The Labute approximate surface area is 92.6 Å². The molecule has 86 valence electrons. The summed E-state index contributed by atoms with van der Waals surface area (Å²) in [7, 11) is 0. The van der Waals surface area contributed by atoms with Gasteiger partial charge in [-0.1, -0.05) is 20.8 Å². The van der Waals surface area contributed by atoms with Crippen molar-refractivity contribution < 1.29 is 4.79 Å². The first-order chi connectivity index (χ1) is 6.55. The van der Waals surface area contributed by atoms with Crippen LogP contribution in [0.2, 0.25) is 0 Å². The van der Waals surface area contributed by atoms with E-state index in [9.17, 15) is 4.79 Å². The maximum absolute atomic E-state index is 12.2. The van der Waals surface area contributed by atoms with E-state index >= 15 is 0 Å². The molecular weight excluding hydrogens is 188 g/mol. The first-order valence-corrected chi connectivity index (χ1v) is 5.43. The normalized spacial score (nSPS) is 23.4. The van der Waals surface area contributed by atoms with Crippen molar-refractivity contribution in [3.8, 4) is 0 Å². The molecule has 0 spiro atoms. The minimum Gasteiger partial charge on any atom is -0.294 e. The fraction of sp³-hybridized carbons (Fsp3) is 0.833. The molecule has 0 saturated heterocycles. The molecule has 1 aliphatic rings. The van der Waals surface area contributed by atoms with Crippen LogP contribution in [0.3, 0.4) is 0 Å². The van der Waals surface area contributed by atoms with Crippen LogP contribution in [-0.4, -0.2) is 28.2 Å². The number of hydrogen-bond acceptors (Lipinski definition) is 2. The van der Waals surface area contributed by atoms with Gasteiger partial charge in [0.25, 0.3) is 5.91 Å². The maximum atomic E-state index is 12.2. The molecule has 0 N–H and O–H groups in total. The van der Waals surface area contributed by atoms with Crippen LogP contribution in [0, 0.1) is 5.41 Å².